The van der Waals surface area contributed by atoms with Gasteiger partial charge in [-0.2, -0.15) is 0 Å². The van der Waals surface area contributed by atoms with Gasteiger partial charge in [0.2, 0.25) is 0 Å². The zero-order chi connectivity index (χ0) is 13.1. The minimum absolute atomic E-state index is 0.148. The maximum atomic E-state index is 13.7. The fraction of sp³-hybridized carbons (Fsp3) is 0.462. The molecule has 1 saturated heterocycles. The second kappa shape index (κ2) is 5.80. The van der Waals surface area contributed by atoms with Gasteiger partial charge in [0.25, 0.3) is 5.91 Å². The second-order valence-corrected chi connectivity index (χ2v) is 5.42. The van der Waals surface area contributed by atoms with E-state index < -0.39 is 5.82 Å². The summed E-state index contributed by atoms with van der Waals surface area (Å²) in [6.45, 7) is 1.34. The van der Waals surface area contributed by atoms with Crippen molar-refractivity contribution in [1.82, 2.24) is 10.2 Å². The third-order valence-corrected chi connectivity index (χ3v) is 3.77. The number of halogens is 2. The first kappa shape index (κ1) is 13.5. The van der Waals surface area contributed by atoms with Gasteiger partial charge in [-0.25, -0.2) is 4.39 Å². The fourth-order valence-electron chi connectivity index (χ4n) is 2.23. The average molecular weight is 315 g/mol. The Morgan fingerprint density at radius 1 is 1.56 bits per heavy atom. The molecule has 18 heavy (non-hydrogen) atoms. The Morgan fingerprint density at radius 3 is 3.00 bits per heavy atom. The summed E-state index contributed by atoms with van der Waals surface area (Å²) in [5.74, 6) is -0.694. The molecule has 1 heterocycles. The van der Waals surface area contributed by atoms with Gasteiger partial charge in [-0.15, -0.1) is 0 Å². The Balaban J connectivity index is 2.15. The summed E-state index contributed by atoms with van der Waals surface area (Å²) in [7, 11) is 1.89. The standard InChI is InChI=1S/C13H16BrFN2O/c1-16-10-3-2-6-17(8-10)13(18)11-5-4-9(14)7-12(11)15/h4-5,7,10,16H,2-3,6,8H2,1H3/t10-/m0/s1. The van der Waals surface area contributed by atoms with Gasteiger partial charge < -0.3 is 10.2 Å². The van der Waals surface area contributed by atoms with Crippen molar-refractivity contribution in [2.75, 3.05) is 20.1 Å². The van der Waals surface area contributed by atoms with Gasteiger partial charge in [0, 0.05) is 23.6 Å². The van der Waals surface area contributed by atoms with E-state index in [2.05, 4.69) is 21.2 Å². The van der Waals surface area contributed by atoms with Gasteiger partial charge in [0.1, 0.15) is 5.82 Å². The molecule has 0 spiro atoms. The number of likely N-dealkylation sites (N-methyl/N-ethyl adjacent to an activating group) is 1. The molecule has 0 radical (unpaired) electrons. The van der Waals surface area contributed by atoms with Crippen LogP contribution < -0.4 is 5.32 Å². The van der Waals surface area contributed by atoms with Gasteiger partial charge in [-0.1, -0.05) is 15.9 Å². The van der Waals surface area contributed by atoms with Crippen LogP contribution >= 0.6 is 15.9 Å². The minimum atomic E-state index is -0.471. The number of hydrogen-bond donors (Lipinski definition) is 1. The van der Waals surface area contributed by atoms with Crippen LogP contribution in [0, 0.1) is 5.82 Å². The van der Waals surface area contributed by atoms with Crippen LogP contribution in [-0.2, 0) is 0 Å². The van der Waals surface area contributed by atoms with Crippen molar-refractivity contribution in [1.29, 1.82) is 0 Å². The molecule has 0 bridgehead atoms. The molecule has 0 unspecified atom stereocenters. The van der Waals surface area contributed by atoms with Crippen molar-refractivity contribution in [2.24, 2.45) is 0 Å². The number of carbonyl (C=O) groups excluding carboxylic acids is 1. The van der Waals surface area contributed by atoms with E-state index in [1.165, 1.54) is 12.1 Å². The molecule has 0 aliphatic carbocycles. The highest BCUT2D eigenvalue weighted by atomic mass is 79.9. The van der Waals surface area contributed by atoms with Crippen molar-refractivity contribution in [3.8, 4) is 0 Å². The van der Waals surface area contributed by atoms with E-state index in [0.29, 0.717) is 23.6 Å². The highest BCUT2D eigenvalue weighted by molar-refractivity contribution is 9.10. The smallest absolute Gasteiger partial charge is 0.256 e. The molecule has 1 N–H and O–H groups in total. The van der Waals surface area contributed by atoms with Crippen molar-refractivity contribution >= 4 is 21.8 Å². The van der Waals surface area contributed by atoms with Gasteiger partial charge in [0.05, 0.1) is 5.56 Å². The molecule has 1 fully saturated rings. The van der Waals surface area contributed by atoms with Crippen molar-refractivity contribution in [2.45, 2.75) is 18.9 Å². The van der Waals surface area contributed by atoms with Crippen LogP contribution in [-0.4, -0.2) is 37.0 Å². The number of hydrogen-bond acceptors (Lipinski definition) is 2. The number of likely N-dealkylation sites (tertiary alicyclic amines) is 1. The van der Waals surface area contributed by atoms with E-state index in [-0.39, 0.29) is 11.5 Å². The maximum absolute atomic E-state index is 13.7. The first-order chi connectivity index (χ1) is 8.61. The van der Waals surface area contributed by atoms with Crippen LogP contribution in [0.15, 0.2) is 22.7 Å². The Bertz CT molecular complexity index is 453. The summed E-state index contributed by atoms with van der Waals surface area (Å²) in [6.07, 6.45) is 2.01. The molecular weight excluding hydrogens is 299 g/mol. The number of amides is 1. The maximum Gasteiger partial charge on any atom is 0.256 e. The van der Waals surface area contributed by atoms with E-state index >= 15 is 0 Å². The summed E-state index contributed by atoms with van der Waals surface area (Å²) in [4.78, 5) is 14.0. The first-order valence-corrected chi connectivity index (χ1v) is 6.82. The molecule has 3 nitrogen and oxygen atoms in total. The molecule has 98 valence electrons. The number of benzene rings is 1. The van der Waals surface area contributed by atoms with Crippen molar-refractivity contribution < 1.29 is 9.18 Å². The summed E-state index contributed by atoms with van der Waals surface area (Å²) >= 11 is 3.19. The van der Waals surface area contributed by atoms with Crippen molar-refractivity contribution in [3.63, 3.8) is 0 Å². The molecule has 2 rings (SSSR count). The van der Waals surface area contributed by atoms with E-state index in [1.54, 1.807) is 11.0 Å². The highest BCUT2D eigenvalue weighted by Gasteiger charge is 2.25. The predicted octanol–water partition coefficient (Wildman–Crippen LogP) is 2.41. The van der Waals surface area contributed by atoms with Crippen LogP contribution in [0.5, 0.6) is 0 Å². The quantitative estimate of drug-likeness (QED) is 0.909. The predicted molar refractivity (Wildman–Crippen MR) is 72.1 cm³/mol. The lowest BCUT2D eigenvalue weighted by atomic mass is 10.0. The third-order valence-electron chi connectivity index (χ3n) is 3.28. The Morgan fingerprint density at radius 2 is 2.33 bits per heavy atom. The topological polar surface area (TPSA) is 32.3 Å². The fourth-order valence-corrected chi connectivity index (χ4v) is 2.56. The Labute approximate surface area is 114 Å². The molecule has 1 aliphatic rings. The lowest BCUT2D eigenvalue weighted by molar-refractivity contribution is 0.0693. The van der Waals surface area contributed by atoms with Gasteiger partial charge in [-0.3, -0.25) is 4.79 Å². The molecule has 1 aromatic carbocycles. The number of nitrogens with zero attached hydrogens (tertiary/aromatic N) is 1. The molecule has 1 aliphatic heterocycles. The number of rotatable bonds is 2. The minimum Gasteiger partial charge on any atom is -0.337 e. The largest absolute Gasteiger partial charge is 0.337 e. The van der Waals surface area contributed by atoms with Crippen LogP contribution in [0.2, 0.25) is 0 Å². The summed E-state index contributed by atoms with van der Waals surface area (Å²) in [6, 6.07) is 4.86. The SMILES string of the molecule is CN[C@H]1CCCN(C(=O)c2ccc(Br)cc2F)C1. The first-order valence-electron chi connectivity index (χ1n) is 6.03. The second-order valence-electron chi connectivity index (χ2n) is 4.50. The van der Waals surface area contributed by atoms with Crippen molar-refractivity contribution in [3.05, 3.63) is 34.1 Å². The molecule has 5 heteroatoms. The number of piperidine rings is 1. The Kier molecular flexibility index (Phi) is 4.35. The lowest BCUT2D eigenvalue weighted by Gasteiger charge is -2.32. The molecule has 0 aromatic heterocycles. The van der Waals surface area contributed by atoms with E-state index in [9.17, 15) is 9.18 Å². The Hall–Kier alpha value is -0.940. The molecule has 1 amide bonds. The zero-order valence-corrected chi connectivity index (χ0v) is 11.8. The molecular formula is C13H16BrFN2O. The summed E-state index contributed by atoms with van der Waals surface area (Å²) in [5.41, 5.74) is 0.148. The summed E-state index contributed by atoms with van der Waals surface area (Å²) in [5, 5.41) is 3.17. The lowest BCUT2D eigenvalue weighted by Crippen LogP contribution is -2.47. The normalized spacial score (nSPS) is 19.9. The summed E-state index contributed by atoms with van der Waals surface area (Å²) < 4.78 is 14.4. The molecule has 0 saturated carbocycles. The van der Waals surface area contributed by atoms with Crippen LogP contribution in [0.3, 0.4) is 0 Å². The zero-order valence-electron chi connectivity index (χ0n) is 10.2. The van der Waals surface area contributed by atoms with Gasteiger partial charge >= 0.3 is 0 Å². The van der Waals surface area contributed by atoms with E-state index in [4.69, 9.17) is 0 Å². The van der Waals surface area contributed by atoms with Gasteiger partial charge in [0.15, 0.2) is 0 Å². The van der Waals surface area contributed by atoms with Crippen LogP contribution in [0.25, 0.3) is 0 Å². The third kappa shape index (κ3) is 2.90. The number of nitrogens with one attached hydrogen (secondary N) is 1. The van der Waals surface area contributed by atoms with Crippen LogP contribution in [0.4, 0.5) is 4.39 Å². The van der Waals surface area contributed by atoms with E-state index in [0.717, 1.165) is 12.8 Å². The number of carbonyl (C=O) groups is 1. The van der Waals surface area contributed by atoms with Gasteiger partial charge in [-0.05, 0) is 38.1 Å². The van der Waals surface area contributed by atoms with Crippen LogP contribution in [0.1, 0.15) is 23.2 Å². The van der Waals surface area contributed by atoms with E-state index in [1.807, 2.05) is 7.05 Å². The highest BCUT2D eigenvalue weighted by Crippen LogP contribution is 2.19. The average Bonchev–Trinajstić information content (AvgIpc) is 2.38. The molecule has 1 atom stereocenters. The molecule has 1 aromatic rings. The monoisotopic (exact) mass is 314 g/mol.